The third kappa shape index (κ3) is 4.14. The molecule has 0 unspecified atom stereocenters. The highest BCUT2D eigenvalue weighted by molar-refractivity contribution is 5.93. The van der Waals surface area contributed by atoms with E-state index in [1.165, 1.54) is 0 Å². The van der Waals surface area contributed by atoms with Crippen LogP contribution in [0, 0.1) is 0 Å². The molecule has 3 rings (SSSR count). The van der Waals surface area contributed by atoms with Crippen molar-refractivity contribution in [3.05, 3.63) is 78.0 Å². The molecule has 0 saturated heterocycles. The Hall–Kier alpha value is -2.92. The summed E-state index contributed by atoms with van der Waals surface area (Å²) in [4.78, 5) is 14.5. The largest absolute Gasteiger partial charge is 0.355 e. The van der Waals surface area contributed by atoms with E-state index in [9.17, 15) is 4.79 Å². The Labute approximate surface area is 147 Å². The molecule has 0 aliphatic rings. The van der Waals surface area contributed by atoms with Crippen LogP contribution >= 0.6 is 0 Å². The molecule has 0 fully saturated rings. The van der Waals surface area contributed by atoms with Gasteiger partial charge in [0.15, 0.2) is 11.5 Å². The molecule has 0 aliphatic carbocycles. The lowest BCUT2D eigenvalue weighted by Gasteiger charge is -2.24. The highest BCUT2D eigenvalue weighted by Crippen LogP contribution is 2.20. The smallest absolute Gasteiger partial charge is 0.273 e. The van der Waals surface area contributed by atoms with Crippen LogP contribution in [0.1, 0.15) is 22.1 Å². The third-order valence-electron chi connectivity index (χ3n) is 4.06. The quantitative estimate of drug-likeness (QED) is 0.750. The van der Waals surface area contributed by atoms with Gasteiger partial charge in [-0.05, 0) is 19.7 Å². The molecule has 0 aliphatic heterocycles. The van der Waals surface area contributed by atoms with E-state index in [1.54, 1.807) is 6.07 Å². The normalized spacial score (nSPS) is 12.1. The highest BCUT2D eigenvalue weighted by atomic mass is 16.5. The van der Waals surface area contributed by atoms with Crippen molar-refractivity contribution in [1.82, 2.24) is 15.4 Å². The van der Waals surface area contributed by atoms with Gasteiger partial charge in [0.1, 0.15) is 0 Å². The summed E-state index contributed by atoms with van der Waals surface area (Å²) in [5.41, 5.74) is 2.33. The van der Waals surface area contributed by atoms with Gasteiger partial charge in [-0.15, -0.1) is 0 Å². The van der Waals surface area contributed by atoms with Crippen molar-refractivity contribution in [2.45, 2.75) is 6.04 Å². The molecule has 1 atom stereocenters. The number of hydrogen-bond acceptors (Lipinski definition) is 4. The van der Waals surface area contributed by atoms with Crippen molar-refractivity contribution < 1.29 is 9.32 Å². The number of aromatic nitrogens is 1. The van der Waals surface area contributed by atoms with Gasteiger partial charge in [0.2, 0.25) is 0 Å². The molecular formula is C20H21N3O2. The van der Waals surface area contributed by atoms with Crippen molar-refractivity contribution in [3.63, 3.8) is 0 Å². The van der Waals surface area contributed by atoms with Crippen LogP contribution in [0.2, 0.25) is 0 Å². The number of nitrogens with zero attached hydrogens (tertiary/aromatic N) is 2. The van der Waals surface area contributed by atoms with Crippen LogP contribution in [0.5, 0.6) is 0 Å². The average molecular weight is 335 g/mol. The molecule has 5 nitrogen and oxygen atoms in total. The van der Waals surface area contributed by atoms with E-state index in [2.05, 4.69) is 27.5 Å². The fraction of sp³-hybridized carbons (Fsp3) is 0.200. The SMILES string of the molecule is CN(C)[C@@H](CNC(=O)c1cc(-c2ccccc2)on1)c1ccccc1. The number of carbonyl (C=O) groups is 1. The van der Waals surface area contributed by atoms with Gasteiger partial charge >= 0.3 is 0 Å². The number of rotatable bonds is 6. The number of carbonyl (C=O) groups excluding carboxylic acids is 1. The summed E-state index contributed by atoms with van der Waals surface area (Å²) in [5.74, 6) is 0.340. The molecule has 0 spiro atoms. The lowest BCUT2D eigenvalue weighted by Crippen LogP contribution is -2.34. The second-order valence-corrected chi connectivity index (χ2v) is 6.04. The van der Waals surface area contributed by atoms with Gasteiger partial charge in [0.05, 0.1) is 6.04 Å². The third-order valence-corrected chi connectivity index (χ3v) is 4.06. The van der Waals surface area contributed by atoms with E-state index in [1.807, 2.05) is 62.6 Å². The van der Waals surface area contributed by atoms with Crippen LogP contribution in [-0.4, -0.2) is 36.6 Å². The van der Waals surface area contributed by atoms with Crippen molar-refractivity contribution in [2.24, 2.45) is 0 Å². The topological polar surface area (TPSA) is 58.4 Å². The van der Waals surface area contributed by atoms with Crippen molar-refractivity contribution in [2.75, 3.05) is 20.6 Å². The Morgan fingerprint density at radius 3 is 2.36 bits per heavy atom. The second kappa shape index (κ2) is 7.77. The zero-order valence-corrected chi connectivity index (χ0v) is 14.3. The molecule has 0 bridgehead atoms. The predicted molar refractivity (Wildman–Crippen MR) is 97.1 cm³/mol. The van der Waals surface area contributed by atoms with E-state index in [4.69, 9.17) is 4.52 Å². The van der Waals surface area contributed by atoms with Crippen molar-refractivity contribution in [3.8, 4) is 11.3 Å². The Morgan fingerprint density at radius 1 is 1.08 bits per heavy atom. The summed E-state index contributed by atoms with van der Waals surface area (Å²) < 4.78 is 5.29. The predicted octanol–water partition coefficient (Wildman–Crippen LogP) is 3.37. The molecule has 2 aromatic carbocycles. The zero-order valence-electron chi connectivity index (χ0n) is 14.3. The first-order valence-corrected chi connectivity index (χ1v) is 8.17. The lowest BCUT2D eigenvalue weighted by molar-refractivity contribution is 0.0933. The van der Waals surface area contributed by atoms with Crippen LogP contribution in [-0.2, 0) is 0 Å². The molecule has 0 saturated carbocycles. The first kappa shape index (κ1) is 16.9. The first-order chi connectivity index (χ1) is 12.1. The van der Waals surface area contributed by atoms with Gasteiger partial charge in [-0.2, -0.15) is 0 Å². The van der Waals surface area contributed by atoms with Gasteiger partial charge in [-0.25, -0.2) is 0 Å². The molecule has 1 N–H and O–H groups in total. The maximum absolute atomic E-state index is 12.4. The number of hydrogen-bond donors (Lipinski definition) is 1. The summed E-state index contributed by atoms with van der Waals surface area (Å²) in [7, 11) is 3.99. The lowest BCUT2D eigenvalue weighted by atomic mass is 10.1. The fourth-order valence-electron chi connectivity index (χ4n) is 2.67. The Kier molecular flexibility index (Phi) is 5.26. The van der Waals surface area contributed by atoms with E-state index in [0.717, 1.165) is 11.1 Å². The summed E-state index contributed by atoms with van der Waals surface area (Å²) in [5, 5.41) is 6.83. The maximum atomic E-state index is 12.4. The van der Waals surface area contributed by atoms with Crippen molar-refractivity contribution in [1.29, 1.82) is 0 Å². The van der Waals surface area contributed by atoms with Crippen LogP contribution in [0.15, 0.2) is 71.3 Å². The summed E-state index contributed by atoms with van der Waals surface area (Å²) >= 11 is 0. The monoisotopic (exact) mass is 335 g/mol. The van der Waals surface area contributed by atoms with E-state index in [0.29, 0.717) is 12.3 Å². The standard InChI is InChI=1S/C20H21N3O2/c1-23(2)18(15-9-5-3-6-10-15)14-21-20(24)17-13-19(25-22-17)16-11-7-4-8-12-16/h3-13,18H,14H2,1-2H3,(H,21,24)/t18-/m0/s1. The summed E-state index contributed by atoms with van der Waals surface area (Å²) in [6.07, 6.45) is 0. The van der Waals surface area contributed by atoms with Gasteiger partial charge in [0, 0.05) is 18.2 Å². The van der Waals surface area contributed by atoms with Crippen molar-refractivity contribution >= 4 is 5.91 Å². The minimum atomic E-state index is -0.242. The van der Waals surface area contributed by atoms with Gasteiger partial charge in [-0.3, -0.25) is 4.79 Å². The molecule has 128 valence electrons. The molecule has 1 aromatic heterocycles. The highest BCUT2D eigenvalue weighted by Gasteiger charge is 2.18. The van der Waals surface area contributed by atoms with Crippen LogP contribution in [0.3, 0.4) is 0 Å². The minimum absolute atomic E-state index is 0.0886. The Morgan fingerprint density at radius 2 is 1.72 bits per heavy atom. The molecular weight excluding hydrogens is 314 g/mol. The average Bonchev–Trinajstić information content (AvgIpc) is 3.13. The molecule has 3 aromatic rings. The molecule has 1 amide bonds. The van der Waals surface area contributed by atoms with Gasteiger partial charge < -0.3 is 14.7 Å². The van der Waals surface area contributed by atoms with Crippen LogP contribution in [0.4, 0.5) is 0 Å². The van der Waals surface area contributed by atoms with Gasteiger partial charge in [0.25, 0.3) is 5.91 Å². The molecule has 25 heavy (non-hydrogen) atoms. The minimum Gasteiger partial charge on any atom is -0.355 e. The molecule has 1 heterocycles. The number of nitrogens with one attached hydrogen (secondary N) is 1. The number of benzene rings is 2. The maximum Gasteiger partial charge on any atom is 0.273 e. The molecule has 5 heteroatoms. The van der Waals surface area contributed by atoms with Crippen LogP contribution in [0.25, 0.3) is 11.3 Å². The van der Waals surface area contributed by atoms with Gasteiger partial charge in [-0.1, -0.05) is 65.8 Å². The number of likely N-dealkylation sites (N-methyl/N-ethyl adjacent to an activating group) is 1. The fourth-order valence-corrected chi connectivity index (χ4v) is 2.67. The zero-order chi connectivity index (χ0) is 17.6. The molecule has 0 radical (unpaired) electrons. The summed E-state index contributed by atoms with van der Waals surface area (Å²) in [6, 6.07) is 21.4. The van der Waals surface area contributed by atoms with E-state index < -0.39 is 0 Å². The van der Waals surface area contributed by atoms with E-state index in [-0.39, 0.29) is 17.6 Å². The Balaban J connectivity index is 1.67. The van der Waals surface area contributed by atoms with E-state index >= 15 is 0 Å². The second-order valence-electron chi connectivity index (χ2n) is 6.04. The number of amides is 1. The first-order valence-electron chi connectivity index (χ1n) is 8.17. The summed E-state index contributed by atoms with van der Waals surface area (Å²) in [6.45, 7) is 0.489. The van der Waals surface area contributed by atoms with Crippen LogP contribution < -0.4 is 5.32 Å². The Bertz CT molecular complexity index is 813.